The lowest BCUT2D eigenvalue weighted by Gasteiger charge is -2.69. The van der Waals surface area contributed by atoms with Crippen molar-refractivity contribution in [2.24, 2.45) is 16.7 Å². The minimum absolute atomic E-state index is 0.0429. The topological polar surface area (TPSA) is 181 Å². The fraction of sp³-hybridized carbons (Fsp3) is 0.309. The number of nitrogens with zero attached hydrogens (tertiary/aromatic N) is 2. The molecule has 4 aliphatic carbocycles. The molecule has 7 aromatic carbocycles. The molecule has 86 heavy (non-hydrogen) atoms. The van der Waals surface area contributed by atoms with Crippen LogP contribution >= 0.6 is 31.8 Å². The van der Waals surface area contributed by atoms with Crippen LogP contribution in [0.1, 0.15) is 89.8 Å². The van der Waals surface area contributed by atoms with E-state index < -0.39 is 49.9 Å². The fourth-order valence-electron chi connectivity index (χ4n) is 13.9. The number of carbonyl (C=O) groups is 5. The summed E-state index contributed by atoms with van der Waals surface area (Å²) in [5.74, 6) is -0.968. The van der Waals surface area contributed by atoms with Gasteiger partial charge in [0.2, 0.25) is 23.6 Å². The van der Waals surface area contributed by atoms with Crippen LogP contribution in [0, 0.1) is 23.7 Å². The third-order valence-electron chi connectivity index (χ3n) is 18.0. The number of aryl methyl sites for hydroxylation is 1. The number of amides is 5. The number of ether oxygens (including phenoxy) is 1. The first-order chi connectivity index (χ1) is 41.8. The van der Waals surface area contributed by atoms with E-state index in [2.05, 4.69) is 33.1 Å². The maximum atomic E-state index is 15.2. The number of hydrogen-bond donors (Lipinski definition) is 4. The molecule has 2 bridgehead atoms. The van der Waals surface area contributed by atoms with Gasteiger partial charge in [-0.15, -0.1) is 23.2 Å². The van der Waals surface area contributed by atoms with Gasteiger partial charge >= 0.3 is 14.7 Å². The average molecular weight is 1210 g/mol. The molecule has 6 aliphatic rings. The quantitative estimate of drug-likeness (QED) is 0.0427. The summed E-state index contributed by atoms with van der Waals surface area (Å²) in [5.41, 5.74) is 10.2. The Kier molecular flexibility index (Phi) is 15.6. The Morgan fingerprint density at radius 3 is 1.80 bits per heavy atom. The molecule has 0 saturated heterocycles. The van der Waals surface area contributed by atoms with Gasteiger partial charge in [0.15, 0.2) is 5.75 Å². The number of anilines is 3. The van der Waals surface area contributed by atoms with E-state index in [1.165, 1.54) is 0 Å². The highest BCUT2D eigenvalue weighted by molar-refractivity contribution is 7.42. The van der Waals surface area contributed by atoms with E-state index in [0.717, 1.165) is 77.4 Å². The third kappa shape index (κ3) is 10.3. The van der Waals surface area contributed by atoms with Crippen molar-refractivity contribution in [3.05, 3.63) is 191 Å². The van der Waals surface area contributed by atoms with Gasteiger partial charge in [0.05, 0.1) is 47.5 Å². The number of hydrogen-bond acceptors (Lipinski definition) is 9. The van der Waals surface area contributed by atoms with Crippen LogP contribution in [0.15, 0.2) is 152 Å². The molecular formula is C68H65Cl2N6O9P. The number of fused-ring (bicyclic) bond motifs is 9. The van der Waals surface area contributed by atoms with Crippen molar-refractivity contribution in [2.75, 3.05) is 53.1 Å². The molecule has 14 rings (SSSR count). The van der Waals surface area contributed by atoms with Crippen LogP contribution in [-0.2, 0) is 46.2 Å². The number of halogens is 2. The molecule has 0 radical (unpaired) electrons. The predicted molar refractivity (Wildman–Crippen MR) is 336 cm³/mol. The molecule has 440 valence electrons. The van der Waals surface area contributed by atoms with Gasteiger partial charge < -0.3 is 40.0 Å². The number of alkyl carbamates (subject to hydrolysis) is 1. The zero-order valence-corrected chi connectivity index (χ0v) is 50.3. The zero-order chi connectivity index (χ0) is 59.4. The molecule has 3 fully saturated rings. The van der Waals surface area contributed by atoms with Crippen molar-refractivity contribution in [3.8, 4) is 16.9 Å². The summed E-state index contributed by atoms with van der Waals surface area (Å²) < 4.78 is 25.2. The SMILES string of the molecule is Cc1c[nH]c2c(OP(OCc3ccccc3)OCc3ccccc3)cc3c(c12)[C@H](CCl)CN3C(=O)C12CC(C(=O)N3CC(CCl)c4c3cc(NC(=O)CNC(=O)[C@@H](NC(=O)OCC3c5ccccc5-c5ccccc53)C(C)C)c3ccccc43)(C1)C2. The summed E-state index contributed by atoms with van der Waals surface area (Å²) in [6.07, 6.45) is 2.36. The fourth-order valence-corrected chi connectivity index (χ4v) is 15.4. The monoisotopic (exact) mass is 1210 g/mol. The summed E-state index contributed by atoms with van der Waals surface area (Å²) in [6.45, 7) is 6.58. The number of carbonyl (C=O) groups excluding carboxylic acids is 5. The highest BCUT2D eigenvalue weighted by Crippen LogP contribution is 2.75. The molecule has 2 aliphatic heterocycles. The first-order valence-electron chi connectivity index (χ1n) is 29.2. The number of nitrogens with one attached hydrogen (secondary N) is 4. The lowest BCUT2D eigenvalue weighted by Crippen LogP contribution is -2.73. The minimum atomic E-state index is -1.94. The van der Waals surface area contributed by atoms with Crippen molar-refractivity contribution in [1.29, 1.82) is 0 Å². The molecular weight excluding hydrogens is 1150 g/mol. The number of H-pyrrole nitrogens is 1. The van der Waals surface area contributed by atoms with Gasteiger partial charge in [0.1, 0.15) is 12.6 Å². The first kappa shape index (κ1) is 57.3. The standard InChI is InChI=1S/C68H65Cl2N6O9P/c1-40(2)61(74-66(81)82-36-52-48-22-12-10-20-46(48)47-21-11-13-23-49(47)52)63(78)72-31-57(77)73-53-26-54-59(51-25-15-14-24-50(51)53)44(28-69)32-75(54)64(79)67-37-68(38-67,39-67)65(80)76-33-45(29-70)60-55(76)27-56(62-58(60)41(3)30-71-62)85-86(83-34-42-16-6-4-7-17-42)84-35-43-18-8-5-9-19-43/h4-27,30,40,44-45,52,61,71H,28-29,31-39H2,1-3H3,(H,72,78)(H,73,77)(H,74,81)/t44?,45-,61+,67?,68?/m1/s1. The average Bonchev–Trinajstić information content (AvgIpc) is 0.863. The summed E-state index contributed by atoms with van der Waals surface area (Å²) >= 11 is 13.5. The Morgan fingerprint density at radius 2 is 1.22 bits per heavy atom. The first-order valence-corrected chi connectivity index (χ1v) is 31.4. The maximum Gasteiger partial charge on any atom is 0.407 e. The lowest BCUT2D eigenvalue weighted by atomic mass is 9.34. The van der Waals surface area contributed by atoms with Crippen LogP contribution in [0.25, 0.3) is 32.8 Å². The van der Waals surface area contributed by atoms with Crippen LogP contribution in [0.5, 0.6) is 5.75 Å². The molecule has 3 atom stereocenters. The smallest absolute Gasteiger partial charge is 0.407 e. The summed E-state index contributed by atoms with van der Waals surface area (Å²) in [4.78, 5) is 78.4. The summed E-state index contributed by atoms with van der Waals surface area (Å²) in [5, 5.41) is 11.0. The third-order valence-corrected chi connectivity index (χ3v) is 19.8. The molecule has 4 N–H and O–H groups in total. The highest BCUT2D eigenvalue weighted by Gasteiger charge is 2.76. The second-order valence-corrected chi connectivity index (χ2v) is 25.6. The Hall–Kier alpha value is -7.78. The van der Waals surface area contributed by atoms with Crippen molar-refractivity contribution in [1.82, 2.24) is 15.6 Å². The largest absolute Gasteiger partial charge is 0.449 e. The van der Waals surface area contributed by atoms with E-state index in [1.807, 2.05) is 151 Å². The summed E-state index contributed by atoms with van der Waals surface area (Å²) in [6, 6.07) is 46.2. The number of rotatable bonds is 20. The molecule has 1 aromatic heterocycles. The van der Waals surface area contributed by atoms with Gasteiger partial charge in [-0.25, -0.2) is 4.79 Å². The predicted octanol–water partition coefficient (Wildman–Crippen LogP) is 13.5. The second-order valence-electron chi connectivity index (χ2n) is 23.8. The Morgan fingerprint density at radius 1 is 0.686 bits per heavy atom. The van der Waals surface area contributed by atoms with Crippen LogP contribution in [-0.4, -0.2) is 78.7 Å². The molecule has 18 heteroatoms. The van der Waals surface area contributed by atoms with Crippen molar-refractivity contribution >= 4 is 100 Å². The number of aromatic amines is 1. The van der Waals surface area contributed by atoms with Crippen LogP contribution in [0.4, 0.5) is 21.9 Å². The normalized spacial score (nSPS) is 20.0. The second kappa shape index (κ2) is 23.5. The van der Waals surface area contributed by atoms with Gasteiger partial charge in [0, 0.05) is 71.3 Å². The van der Waals surface area contributed by atoms with E-state index in [0.29, 0.717) is 55.4 Å². The highest BCUT2D eigenvalue weighted by atomic mass is 35.5. The van der Waals surface area contributed by atoms with Crippen molar-refractivity contribution in [3.63, 3.8) is 0 Å². The van der Waals surface area contributed by atoms with Gasteiger partial charge in [0.25, 0.3) is 0 Å². The van der Waals surface area contributed by atoms with Gasteiger partial charge in [-0.3, -0.25) is 28.2 Å². The van der Waals surface area contributed by atoms with E-state index in [1.54, 1.807) is 18.7 Å². The van der Waals surface area contributed by atoms with Crippen molar-refractivity contribution in [2.45, 2.75) is 77.0 Å². The van der Waals surface area contributed by atoms with Crippen molar-refractivity contribution < 1.29 is 42.3 Å². The molecule has 3 saturated carbocycles. The van der Waals surface area contributed by atoms with E-state index in [9.17, 15) is 14.4 Å². The lowest BCUT2D eigenvalue weighted by molar-refractivity contribution is -0.205. The van der Waals surface area contributed by atoms with Gasteiger partial charge in [-0.05, 0) is 93.6 Å². The number of aromatic nitrogens is 1. The van der Waals surface area contributed by atoms with Gasteiger partial charge in [-0.2, -0.15) is 0 Å². The summed E-state index contributed by atoms with van der Waals surface area (Å²) in [7, 11) is -1.94. The van der Waals surface area contributed by atoms with E-state index in [-0.39, 0.29) is 61.2 Å². The molecule has 5 amide bonds. The van der Waals surface area contributed by atoms with Crippen LogP contribution < -0.4 is 30.3 Å². The minimum Gasteiger partial charge on any atom is -0.449 e. The maximum absolute atomic E-state index is 15.2. The number of benzene rings is 7. The molecule has 0 spiro atoms. The Labute approximate surface area is 510 Å². The molecule has 1 unspecified atom stereocenters. The Balaban J connectivity index is 0.690. The van der Waals surface area contributed by atoms with Crippen LogP contribution in [0.2, 0.25) is 0 Å². The number of alkyl halides is 2. The molecule has 15 nitrogen and oxygen atoms in total. The van der Waals surface area contributed by atoms with E-state index >= 15 is 9.59 Å². The molecule has 3 heterocycles. The molecule has 8 aromatic rings. The Bertz CT molecular complexity index is 3870. The van der Waals surface area contributed by atoms with E-state index in [4.69, 9.17) is 41.5 Å². The van der Waals surface area contributed by atoms with Crippen LogP contribution in [0.3, 0.4) is 0 Å². The van der Waals surface area contributed by atoms with Gasteiger partial charge in [-0.1, -0.05) is 147 Å². The zero-order valence-electron chi connectivity index (χ0n) is 47.9.